The molecule has 0 aliphatic heterocycles. The molecule has 2 nitrogen and oxygen atoms in total. The third-order valence-corrected chi connectivity index (χ3v) is 4.95. The maximum Gasteiger partial charge on any atom is 0.0713 e. The Balaban J connectivity index is 1.73. The first-order valence-electron chi connectivity index (χ1n) is 7.23. The van der Waals surface area contributed by atoms with Crippen LogP contribution in [0.2, 0.25) is 0 Å². The second-order valence-corrected chi connectivity index (χ2v) is 6.80. The summed E-state index contributed by atoms with van der Waals surface area (Å²) in [5.74, 6) is 1.25. The fourth-order valence-electron chi connectivity index (χ4n) is 2.69. The highest BCUT2D eigenvalue weighted by atomic mass is 32.2. The molecule has 0 saturated heterocycles. The van der Waals surface area contributed by atoms with Gasteiger partial charge < -0.3 is 10.1 Å². The molecule has 0 radical (unpaired) electrons. The first kappa shape index (κ1) is 14.9. The van der Waals surface area contributed by atoms with Gasteiger partial charge in [-0.05, 0) is 36.1 Å². The number of methoxy groups -OCH3 is 1. The van der Waals surface area contributed by atoms with Gasteiger partial charge in [-0.25, -0.2) is 0 Å². The highest BCUT2D eigenvalue weighted by Crippen LogP contribution is 2.29. The summed E-state index contributed by atoms with van der Waals surface area (Å²) in [5, 5.41) is 4.57. The van der Waals surface area contributed by atoms with Gasteiger partial charge in [0.1, 0.15) is 0 Å². The Kier molecular flexibility index (Phi) is 6.21. The second-order valence-electron chi connectivity index (χ2n) is 5.22. The van der Waals surface area contributed by atoms with Crippen molar-refractivity contribution in [2.75, 3.05) is 12.9 Å². The SMILES string of the molecule is CCSC1CCC(NCc2ccc(COC)cc2)C1. The summed E-state index contributed by atoms with van der Waals surface area (Å²) in [6, 6.07) is 9.43. The predicted molar refractivity (Wildman–Crippen MR) is 83.6 cm³/mol. The topological polar surface area (TPSA) is 21.3 Å². The Morgan fingerprint density at radius 2 is 1.95 bits per heavy atom. The fourth-order valence-corrected chi connectivity index (χ4v) is 3.84. The Morgan fingerprint density at radius 1 is 1.21 bits per heavy atom. The van der Waals surface area contributed by atoms with E-state index in [1.165, 1.54) is 36.1 Å². The minimum Gasteiger partial charge on any atom is -0.380 e. The minimum atomic E-state index is 0.701. The molecule has 1 N–H and O–H groups in total. The zero-order valence-corrected chi connectivity index (χ0v) is 12.8. The van der Waals surface area contributed by atoms with Gasteiger partial charge in [-0.1, -0.05) is 31.2 Å². The zero-order chi connectivity index (χ0) is 13.5. The van der Waals surface area contributed by atoms with Crippen molar-refractivity contribution >= 4 is 11.8 Å². The molecule has 0 aromatic heterocycles. The third-order valence-electron chi connectivity index (χ3n) is 3.72. The lowest BCUT2D eigenvalue weighted by Crippen LogP contribution is -2.26. The van der Waals surface area contributed by atoms with Crippen molar-refractivity contribution in [1.82, 2.24) is 5.32 Å². The van der Waals surface area contributed by atoms with E-state index in [2.05, 4.69) is 48.3 Å². The Morgan fingerprint density at radius 3 is 2.63 bits per heavy atom. The summed E-state index contributed by atoms with van der Waals surface area (Å²) in [5.41, 5.74) is 2.61. The normalized spacial score (nSPS) is 22.8. The number of hydrogen-bond acceptors (Lipinski definition) is 3. The van der Waals surface area contributed by atoms with Crippen LogP contribution in [0.1, 0.15) is 37.3 Å². The molecule has 2 rings (SSSR count). The molecule has 19 heavy (non-hydrogen) atoms. The van der Waals surface area contributed by atoms with Crippen molar-refractivity contribution in [3.8, 4) is 0 Å². The number of nitrogens with one attached hydrogen (secondary N) is 1. The summed E-state index contributed by atoms with van der Waals surface area (Å²) in [6.45, 7) is 3.95. The molecular weight excluding hydrogens is 254 g/mol. The van der Waals surface area contributed by atoms with Crippen molar-refractivity contribution in [2.45, 2.75) is 50.6 Å². The van der Waals surface area contributed by atoms with Crippen LogP contribution in [-0.4, -0.2) is 24.2 Å². The summed E-state index contributed by atoms with van der Waals surface area (Å²) in [6.07, 6.45) is 4.04. The molecule has 1 aliphatic carbocycles. The number of ether oxygens (including phenoxy) is 1. The van der Waals surface area contributed by atoms with Crippen LogP contribution in [0.3, 0.4) is 0 Å². The van der Waals surface area contributed by atoms with Crippen molar-refractivity contribution < 1.29 is 4.74 Å². The molecule has 1 fully saturated rings. The molecule has 1 aliphatic rings. The van der Waals surface area contributed by atoms with E-state index < -0.39 is 0 Å². The standard InChI is InChI=1S/C16H25NOS/c1-3-19-16-9-8-15(10-16)17-11-13-4-6-14(7-5-13)12-18-2/h4-7,15-17H,3,8-12H2,1-2H3. The van der Waals surface area contributed by atoms with E-state index in [0.29, 0.717) is 12.6 Å². The summed E-state index contributed by atoms with van der Waals surface area (Å²) in [4.78, 5) is 0. The maximum absolute atomic E-state index is 5.13. The highest BCUT2D eigenvalue weighted by molar-refractivity contribution is 7.99. The van der Waals surface area contributed by atoms with E-state index in [9.17, 15) is 0 Å². The lowest BCUT2D eigenvalue weighted by molar-refractivity contribution is 0.185. The third kappa shape index (κ3) is 4.83. The van der Waals surface area contributed by atoms with E-state index >= 15 is 0 Å². The molecule has 0 bridgehead atoms. The molecule has 0 amide bonds. The highest BCUT2D eigenvalue weighted by Gasteiger charge is 2.23. The van der Waals surface area contributed by atoms with Crippen molar-refractivity contribution in [1.29, 1.82) is 0 Å². The van der Waals surface area contributed by atoms with Crippen LogP contribution in [0.5, 0.6) is 0 Å². The van der Waals surface area contributed by atoms with Crippen LogP contribution in [0, 0.1) is 0 Å². The maximum atomic E-state index is 5.13. The van der Waals surface area contributed by atoms with Crippen LogP contribution in [0.15, 0.2) is 24.3 Å². The fraction of sp³-hybridized carbons (Fsp3) is 0.625. The predicted octanol–water partition coefficient (Wildman–Crippen LogP) is 3.60. The first-order chi connectivity index (χ1) is 9.31. The molecule has 3 heteroatoms. The van der Waals surface area contributed by atoms with Gasteiger partial charge in [-0.3, -0.25) is 0 Å². The molecular formula is C16H25NOS. The Bertz CT molecular complexity index is 366. The number of benzene rings is 1. The Labute approximate surface area is 121 Å². The molecule has 1 aromatic carbocycles. The largest absolute Gasteiger partial charge is 0.380 e. The van der Waals surface area contributed by atoms with E-state index in [0.717, 1.165) is 11.8 Å². The van der Waals surface area contributed by atoms with Crippen molar-refractivity contribution in [3.63, 3.8) is 0 Å². The van der Waals surface area contributed by atoms with Gasteiger partial charge >= 0.3 is 0 Å². The molecule has 106 valence electrons. The summed E-state index contributed by atoms with van der Waals surface area (Å²) >= 11 is 2.12. The minimum absolute atomic E-state index is 0.701. The smallest absolute Gasteiger partial charge is 0.0713 e. The van der Waals surface area contributed by atoms with E-state index in [1.807, 2.05) is 0 Å². The van der Waals surface area contributed by atoms with Gasteiger partial charge in [-0.15, -0.1) is 0 Å². The van der Waals surface area contributed by atoms with Gasteiger partial charge in [-0.2, -0.15) is 11.8 Å². The number of thioether (sulfide) groups is 1. The zero-order valence-electron chi connectivity index (χ0n) is 12.0. The Hall–Kier alpha value is -0.510. The van der Waals surface area contributed by atoms with Crippen LogP contribution in [0.25, 0.3) is 0 Å². The van der Waals surface area contributed by atoms with Crippen LogP contribution < -0.4 is 5.32 Å². The number of hydrogen-bond donors (Lipinski definition) is 1. The lowest BCUT2D eigenvalue weighted by Gasteiger charge is -2.13. The van der Waals surface area contributed by atoms with E-state index in [-0.39, 0.29) is 0 Å². The quantitative estimate of drug-likeness (QED) is 0.824. The molecule has 0 spiro atoms. The summed E-state index contributed by atoms with van der Waals surface area (Å²) < 4.78 is 5.13. The lowest BCUT2D eigenvalue weighted by atomic mass is 10.1. The van der Waals surface area contributed by atoms with Crippen LogP contribution in [-0.2, 0) is 17.9 Å². The van der Waals surface area contributed by atoms with Gasteiger partial charge in [0.25, 0.3) is 0 Å². The van der Waals surface area contributed by atoms with E-state index in [1.54, 1.807) is 7.11 Å². The molecule has 0 heterocycles. The van der Waals surface area contributed by atoms with E-state index in [4.69, 9.17) is 4.74 Å². The summed E-state index contributed by atoms with van der Waals surface area (Å²) in [7, 11) is 1.74. The first-order valence-corrected chi connectivity index (χ1v) is 8.28. The number of rotatable bonds is 7. The second kappa shape index (κ2) is 7.93. The molecule has 1 aromatic rings. The molecule has 2 atom stereocenters. The van der Waals surface area contributed by atoms with Crippen molar-refractivity contribution in [3.05, 3.63) is 35.4 Å². The average Bonchev–Trinajstić information content (AvgIpc) is 2.87. The van der Waals surface area contributed by atoms with Gasteiger partial charge in [0.2, 0.25) is 0 Å². The monoisotopic (exact) mass is 279 g/mol. The van der Waals surface area contributed by atoms with Crippen LogP contribution >= 0.6 is 11.8 Å². The molecule has 1 saturated carbocycles. The van der Waals surface area contributed by atoms with Crippen LogP contribution in [0.4, 0.5) is 0 Å². The molecule has 2 unspecified atom stereocenters. The van der Waals surface area contributed by atoms with Gasteiger partial charge in [0, 0.05) is 24.9 Å². The van der Waals surface area contributed by atoms with Crippen molar-refractivity contribution in [2.24, 2.45) is 0 Å². The van der Waals surface area contributed by atoms with Gasteiger partial charge in [0.15, 0.2) is 0 Å². The average molecular weight is 279 g/mol. The van der Waals surface area contributed by atoms with Gasteiger partial charge in [0.05, 0.1) is 6.61 Å².